The summed E-state index contributed by atoms with van der Waals surface area (Å²) in [7, 11) is 0. The van der Waals surface area contributed by atoms with E-state index in [4.69, 9.17) is 9.47 Å². The number of ketones is 1. The first kappa shape index (κ1) is 17.6. The van der Waals surface area contributed by atoms with Crippen molar-refractivity contribution in [3.05, 3.63) is 32.3 Å². The van der Waals surface area contributed by atoms with Crippen LogP contribution >= 0.6 is 15.9 Å². The first-order valence-electron chi connectivity index (χ1n) is 6.37. The molecule has 0 saturated heterocycles. The standard InChI is InChI=1S/C14H18BrNO5/c1-9(17)11-7-10(15)8-12(16(18)19)13(11)20-5-6-21-14(2,3)4/h7-8H,5-6H2,1-4H3. The molecule has 6 nitrogen and oxygen atoms in total. The molecule has 0 radical (unpaired) electrons. The second-order valence-corrected chi connectivity index (χ2v) is 6.34. The van der Waals surface area contributed by atoms with Crippen LogP contribution in [0.15, 0.2) is 16.6 Å². The van der Waals surface area contributed by atoms with Crippen LogP contribution in [0.2, 0.25) is 0 Å². The number of hydrogen-bond donors (Lipinski definition) is 0. The van der Waals surface area contributed by atoms with Gasteiger partial charge < -0.3 is 9.47 Å². The number of carbonyl (C=O) groups is 1. The van der Waals surface area contributed by atoms with Crippen molar-refractivity contribution in [3.8, 4) is 5.75 Å². The summed E-state index contributed by atoms with van der Waals surface area (Å²) in [4.78, 5) is 22.2. The number of Topliss-reactive ketones (excluding diaryl/α,β-unsaturated/α-hetero) is 1. The Hall–Kier alpha value is -1.47. The lowest BCUT2D eigenvalue weighted by molar-refractivity contribution is -0.386. The molecule has 7 heteroatoms. The summed E-state index contributed by atoms with van der Waals surface area (Å²) in [6.07, 6.45) is 0. The van der Waals surface area contributed by atoms with E-state index in [2.05, 4.69) is 15.9 Å². The second kappa shape index (κ2) is 7.00. The molecular formula is C14H18BrNO5. The average molecular weight is 360 g/mol. The van der Waals surface area contributed by atoms with Crippen LogP contribution in [-0.4, -0.2) is 29.5 Å². The molecule has 1 rings (SSSR count). The van der Waals surface area contributed by atoms with Crippen molar-refractivity contribution in [2.24, 2.45) is 0 Å². The zero-order valence-corrected chi connectivity index (χ0v) is 14.0. The van der Waals surface area contributed by atoms with Crippen LogP contribution in [-0.2, 0) is 4.74 Å². The highest BCUT2D eigenvalue weighted by Crippen LogP contribution is 2.35. The molecule has 21 heavy (non-hydrogen) atoms. The van der Waals surface area contributed by atoms with Crippen LogP contribution in [0.25, 0.3) is 0 Å². The van der Waals surface area contributed by atoms with Crippen LogP contribution in [0.3, 0.4) is 0 Å². The van der Waals surface area contributed by atoms with E-state index in [1.807, 2.05) is 20.8 Å². The zero-order chi connectivity index (χ0) is 16.2. The summed E-state index contributed by atoms with van der Waals surface area (Å²) in [5.41, 5.74) is -0.393. The predicted octanol–water partition coefficient (Wildman–Crippen LogP) is 3.75. The maximum absolute atomic E-state index is 11.6. The smallest absolute Gasteiger partial charge is 0.312 e. The molecule has 0 aliphatic carbocycles. The van der Waals surface area contributed by atoms with Crippen LogP contribution in [0.4, 0.5) is 5.69 Å². The number of ether oxygens (including phenoxy) is 2. The Morgan fingerprint density at radius 1 is 1.33 bits per heavy atom. The lowest BCUT2D eigenvalue weighted by Crippen LogP contribution is -2.22. The molecule has 0 unspecified atom stereocenters. The van der Waals surface area contributed by atoms with Gasteiger partial charge in [0.15, 0.2) is 5.78 Å². The lowest BCUT2D eigenvalue weighted by Gasteiger charge is -2.19. The third kappa shape index (κ3) is 5.43. The number of rotatable bonds is 6. The van der Waals surface area contributed by atoms with Gasteiger partial charge in [0.25, 0.3) is 0 Å². The molecule has 0 aliphatic rings. The number of carbonyl (C=O) groups excluding carboxylic acids is 1. The van der Waals surface area contributed by atoms with Gasteiger partial charge >= 0.3 is 5.69 Å². The molecule has 116 valence electrons. The summed E-state index contributed by atoms with van der Waals surface area (Å²) < 4.78 is 11.4. The van der Waals surface area contributed by atoms with Gasteiger partial charge in [-0.3, -0.25) is 14.9 Å². The first-order valence-corrected chi connectivity index (χ1v) is 7.17. The lowest BCUT2D eigenvalue weighted by atomic mass is 10.1. The number of nitrogens with zero attached hydrogens (tertiary/aromatic N) is 1. The summed E-state index contributed by atoms with van der Waals surface area (Å²) in [6.45, 7) is 7.43. The maximum atomic E-state index is 11.6. The largest absolute Gasteiger partial charge is 0.484 e. The third-order valence-electron chi connectivity index (χ3n) is 2.47. The number of nitro benzene ring substituents is 1. The van der Waals surface area contributed by atoms with Gasteiger partial charge in [-0.1, -0.05) is 15.9 Å². The van der Waals surface area contributed by atoms with Gasteiger partial charge in [0.1, 0.15) is 6.61 Å². The van der Waals surface area contributed by atoms with Gasteiger partial charge in [0.05, 0.1) is 22.7 Å². The fourth-order valence-electron chi connectivity index (χ4n) is 1.62. The van der Waals surface area contributed by atoms with E-state index in [0.29, 0.717) is 4.47 Å². The van der Waals surface area contributed by atoms with Crippen LogP contribution in [0, 0.1) is 10.1 Å². The minimum atomic E-state index is -0.572. The topological polar surface area (TPSA) is 78.7 Å². The van der Waals surface area contributed by atoms with E-state index in [1.165, 1.54) is 19.1 Å². The first-order chi connectivity index (χ1) is 9.61. The minimum Gasteiger partial charge on any atom is -0.484 e. The normalized spacial score (nSPS) is 11.3. The molecule has 0 saturated carbocycles. The van der Waals surface area contributed by atoms with Gasteiger partial charge in [-0.15, -0.1) is 0 Å². The number of hydrogen-bond acceptors (Lipinski definition) is 5. The molecule has 0 fully saturated rings. The summed E-state index contributed by atoms with van der Waals surface area (Å²) in [6, 6.07) is 2.82. The van der Waals surface area contributed by atoms with E-state index in [0.717, 1.165) is 0 Å². The third-order valence-corrected chi connectivity index (χ3v) is 2.93. The highest BCUT2D eigenvalue weighted by Gasteiger charge is 2.23. The van der Waals surface area contributed by atoms with Crippen molar-refractivity contribution in [1.82, 2.24) is 0 Å². The molecule has 0 amide bonds. The fourth-order valence-corrected chi connectivity index (χ4v) is 2.07. The Morgan fingerprint density at radius 2 is 1.95 bits per heavy atom. The Kier molecular flexibility index (Phi) is 5.86. The number of halogens is 1. The Bertz CT molecular complexity index is 516. The van der Waals surface area contributed by atoms with Gasteiger partial charge in [0.2, 0.25) is 5.75 Å². The molecule has 1 aromatic carbocycles. The molecule has 0 aliphatic heterocycles. The molecule has 1 aromatic rings. The second-order valence-electron chi connectivity index (χ2n) is 5.42. The van der Waals surface area contributed by atoms with Crippen molar-refractivity contribution in [2.75, 3.05) is 13.2 Å². The molecular weight excluding hydrogens is 342 g/mol. The van der Waals surface area contributed by atoms with E-state index in [1.54, 1.807) is 0 Å². The predicted molar refractivity (Wildman–Crippen MR) is 82.0 cm³/mol. The molecule has 0 spiro atoms. The molecule has 0 atom stereocenters. The van der Waals surface area contributed by atoms with E-state index in [-0.39, 0.29) is 41.6 Å². The summed E-state index contributed by atoms with van der Waals surface area (Å²) in [5.74, 6) is -0.320. The van der Waals surface area contributed by atoms with Gasteiger partial charge in [-0.25, -0.2) is 0 Å². The van der Waals surface area contributed by atoms with Gasteiger partial charge in [0, 0.05) is 10.5 Å². The van der Waals surface area contributed by atoms with Crippen molar-refractivity contribution >= 4 is 27.4 Å². The highest BCUT2D eigenvalue weighted by atomic mass is 79.9. The zero-order valence-electron chi connectivity index (χ0n) is 12.4. The number of benzene rings is 1. The summed E-state index contributed by atoms with van der Waals surface area (Å²) >= 11 is 3.15. The molecule has 0 heterocycles. The van der Waals surface area contributed by atoms with Crippen molar-refractivity contribution in [3.63, 3.8) is 0 Å². The monoisotopic (exact) mass is 359 g/mol. The van der Waals surface area contributed by atoms with Gasteiger partial charge in [-0.2, -0.15) is 0 Å². The fraction of sp³-hybridized carbons (Fsp3) is 0.500. The van der Waals surface area contributed by atoms with Crippen LogP contribution < -0.4 is 4.74 Å². The van der Waals surface area contributed by atoms with E-state index in [9.17, 15) is 14.9 Å². The van der Waals surface area contributed by atoms with Crippen molar-refractivity contribution < 1.29 is 19.2 Å². The Morgan fingerprint density at radius 3 is 2.43 bits per heavy atom. The minimum absolute atomic E-state index is 0.0202. The maximum Gasteiger partial charge on any atom is 0.312 e. The van der Waals surface area contributed by atoms with Crippen LogP contribution in [0.1, 0.15) is 38.1 Å². The summed E-state index contributed by atoms with van der Waals surface area (Å²) in [5, 5.41) is 11.1. The average Bonchev–Trinajstić information content (AvgIpc) is 2.33. The molecule has 0 bridgehead atoms. The quantitative estimate of drug-likeness (QED) is 0.334. The van der Waals surface area contributed by atoms with E-state index < -0.39 is 4.92 Å². The highest BCUT2D eigenvalue weighted by molar-refractivity contribution is 9.10. The van der Waals surface area contributed by atoms with E-state index >= 15 is 0 Å². The Labute approximate surface area is 131 Å². The SMILES string of the molecule is CC(=O)c1cc(Br)cc([N+](=O)[O-])c1OCCOC(C)(C)C. The Balaban J connectivity index is 2.98. The van der Waals surface area contributed by atoms with Crippen LogP contribution in [0.5, 0.6) is 5.75 Å². The van der Waals surface area contributed by atoms with Crippen molar-refractivity contribution in [2.45, 2.75) is 33.3 Å². The molecule has 0 N–H and O–H groups in total. The molecule has 0 aromatic heterocycles. The van der Waals surface area contributed by atoms with Crippen molar-refractivity contribution in [1.29, 1.82) is 0 Å². The van der Waals surface area contributed by atoms with Gasteiger partial charge in [-0.05, 0) is 33.8 Å². The number of nitro groups is 1.